The first-order chi connectivity index (χ1) is 8.78. The average molecular weight is 393 g/mol. The van der Waals surface area contributed by atoms with E-state index in [1.54, 1.807) is 22.6 Å². The molecule has 1 aromatic heterocycles. The van der Waals surface area contributed by atoms with Crippen LogP contribution in [0.25, 0.3) is 0 Å². The Morgan fingerprint density at radius 1 is 1.47 bits per heavy atom. The summed E-state index contributed by atoms with van der Waals surface area (Å²) in [7, 11) is 0. The number of aromatic nitrogens is 1. The predicted molar refractivity (Wildman–Crippen MR) is 64.4 cm³/mol. The maximum Gasteiger partial charge on any atom is 0.573 e. The van der Waals surface area contributed by atoms with Gasteiger partial charge in [0.2, 0.25) is 0 Å². The Labute approximate surface area is 119 Å². The molecule has 0 saturated carbocycles. The number of alkyl halides is 4. The van der Waals surface area contributed by atoms with Gasteiger partial charge in [-0.25, -0.2) is 14.2 Å². The van der Waals surface area contributed by atoms with E-state index in [2.05, 4.69) is 14.5 Å². The maximum atomic E-state index is 12.6. The van der Waals surface area contributed by atoms with Gasteiger partial charge in [0.15, 0.2) is 11.4 Å². The number of carbonyl (C=O) groups excluding carboxylic acids is 1. The van der Waals surface area contributed by atoms with Gasteiger partial charge in [0.05, 0.1) is 12.3 Å². The van der Waals surface area contributed by atoms with Crippen molar-refractivity contribution >= 4 is 28.6 Å². The van der Waals surface area contributed by atoms with E-state index in [9.17, 15) is 22.4 Å². The highest BCUT2D eigenvalue weighted by Crippen LogP contribution is 2.29. The van der Waals surface area contributed by atoms with Gasteiger partial charge in [0.1, 0.15) is 6.67 Å². The lowest BCUT2D eigenvalue weighted by Crippen LogP contribution is -2.21. The van der Waals surface area contributed by atoms with Crippen LogP contribution < -0.4 is 4.74 Å². The summed E-state index contributed by atoms with van der Waals surface area (Å²) >= 11 is 1.60. The molecule has 0 spiro atoms. The Balaban J connectivity index is 3.26. The van der Waals surface area contributed by atoms with Gasteiger partial charge < -0.3 is 9.47 Å². The average Bonchev–Trinajstić information content (AvgIpc) is 2.27. The van der Waals surface area contributed by atoms with Crippen LogP contribution in [0.2, 0.25) is 0 Å². The molecule has 0 aromatic carbocycles. The third kappa shape index (κ3) is 4.48. The van der Waals surface area contributed by atoms with Crippen molar-refractivity contribution in [2.75, 3.05) is 6.61 Å². The normalized spacial score (nSPS) is 11.3. The lowest BCUT2D eigenvalue weighted by Gasteiger charge is -2.13. The molecule has 0 amide bonds. The third-order valence-corrected chi connectivity index (χ3v) is 2.77. The number of esters is 1. The lowest BCUT2D eigenvalue weighted by atomic mass is 10.3. The fourth-order valence-corrected chi connectivity index (χ4v) is 1.70. The second-order valence-electron chi connectivity index (χ2n) is 3.17. The van der Waals surface area contributed by atoms with Crippen molar-refractivity contribution in [3.63, 3.8) is 0 Å². The van der Waals surface area contributed by atoms with Gasteiger partial charge in [0, 0.05) is 3.57 Å². The lowest BCUT2D eigenvalue weighted by molar-refractivity contribution is -0.274. The van der Waals surface area contributed by atoms with Gasteiger partial charge in [-0.3, -0.25) is 0 Å². The van der Waals surface area contributed by atoms with Crippen LogP contribution in [0.5, 0.6) is 5.75 Å². The van der Waals surface area contributed by atoms with Crippen molar-refractivity contribution < 1.29 is 31.8 Å². The SMILES string of the molecule is CCOC(=O)c1nc(CF)c(I)cc1OC(F)(F)F. The van der Waals surface area contributed by atoms with Crippen molar-refractivity contribution in [1.82, 2.24) is 4.98 Å². The molecule has 0 aliphatic rings. The number of carbonyl (C=O) groups is 1. The van der Waals surface area contributed by atoms with Crippen molar-refractivity contribution in [3.8, 4) is 5.75 Å². The van der Waals surface area contributed by atoms with Gasteiger partial charge in [-0.1, -0.05) is 0 Å². The molecule has 0 unspecified atom stereocenters. The van der Waals surface area contributed by atoms with Gasteiger partial charge >= 0.3 is 12.3 Å². The van der Waals surface area contributed by atoms with E-state index < -0.39 is 30.4 Å². The number of ether oxygens (including phenoxy) is 2. The molecule has 9 heteroatoms. The Kier molecular flexibility index (Phi) is 5.32. The molecule has 0 bridgehead atoms. The second kappa shape index (κ2) is 6.35. The molecular formula is C10H8F4INO3. The van der Waals surface area contributed by atoms with Crippen LogP contribution in [0, 0.1) is 3.57 Å². The molecule has 4 nitrogen and oxygen atoms in total. The highest BCUT2D eigenvalue weighted by atomic mass is 127. The zero-order valence-electron chi connectivity index (χ0n) is 9.55. The van der Waals surface area contributed by atoms with Crippen molar-refractivity contribution in [1.29, 1.82) is 0 Å². The van der Waals surface area contributed by atoms with Gasteiger partial charge in [0.25, 0.3) is 0 Å². The zero-order valence-corrected chi connectivity index (χ0v) is 11.7. The predicted octanol–water partition coefficient (Wildman–Crippen LogP) is 3.23. The first-order valence-corrected chi connectivity index (χ1v) is 6.04. The number of rotatable bonds is 4. The molecule has 0 radical (unpaired) electrons. The van der Waals surface area contributed by atoms with Crippen LogP contribution in [0.1, 0.15) is 23.1 Å². The van der Waals surface area contributed by atoms with Crippen LogP contribution in [-0.2, 0) is 11.4 Å². The highest BCUT2D eigenvalue weighted by Gasteiger charge is 2.34. The summed E-state index contributed by atoms with van der Waals surface area (Å²) in [6.07, 6.45) is -4.98. The minimum Gasteiger partial charge on any atom is -0.461 e. The van der Waals surface area contributed by atoms with Gasteiger partial charge in [-0.2, -0.15) is 0 Å². The summed E-state index contributed by atoms with van der Waals surface area (Å²) in [6.45, 7) is 0.408. The smallest absolute Gasteiger partial charge is 0.461 e. The number of halogens is 5. The van der Waals surface area contributed by atoms with Crippen molar-refractivity contribution in [2.24, 2.45) is 0 Å². The molecule has 0 saturated heterocycles. The molecule has 106 valence electrons. The van der Waals surface area contributed by atoms with Crippen LogP contribution in [0.4, 0.5) is 17.6 Å². The molecule has 1 rings (SSSR count). The molecule has 0 N–H and O–H groups in total. The quantitative estimate of drug-likeness (QED) is 0.448. The fourth-order valence-electron chi connectivity index (χ4n) is 1.15. The highest BCUT2D eigenvalue weighted by molar-refractivity contribution is 14.1. The minimum absolute atomic E-state index is 0.0527. The summed E-state index contributed by atoms with van der Waals surface area (Å²) in [6, 6.07) is 0.891. The second-order valence-corrected chi connectivity index (χ2v) is 4.33. The van der Waals surface area contributed by atoms with Gasteiger partial charge in [-0.05, 0) is 35.6 Å². The zero-order chi connectivity index (χ0) is 14.6. The van der Waals surface area contributed by atoms with E-state index in [1.807, 2.05) is 0 Å². The molecule has 1 aromatic rings. The first kappa shape index (κ1) is 15.9. The fraction of sp³-hybridized carbons (Fsp3) is 0.400. The number of pyridine rings is 1. The largest absolute Gasteiger partial charge is 0.573 e. The molecule has 19 heavy (non-hydrogen) atoms. The van der Waals surface area contributed by atoms with E-state index in [1.165, 1.54) is 6.92 Å². The van der Waals surface area contributed by atoms with Crippen molar-refractivity contribution in [3.05, 3.63) is 21.0 Å². The Bertz CT molecular complexity index is 479. The number of hydrogen-bond donors (Lipinski definition) is 0. The van der Waals surface area contributed by atoms with Crippen LogP contribution in [0.15, 0.2) is 6.07 Å². The van der Waals surface area contributed by atoms with Crippen LogP contribution in [0.3, 0.4) is 0 Å². The molecule has 0 fully saturated rings. The van der Waals surface area contributed by atoms with E-state index in [0.717, 1.165) is 6.07 Å². The summed E-state index contributed by atoms with van der Waals surface area (Å²) in [5.74, 6) is -1.92. The first-order valence-electron chi connectivity index (χ1n) is 4.96. The summed E-state index contributed by atoms with van der Waals surface area (Å²) < 4.78 is 57.6. The van der Waals surface area contributed by atoms with Gasteiger partial charge in [-0.15, -0.1) is 13.2 Å². The molecule has 0 aliphatic heterocycles. The van der Waals surface area contributed by atoms with Crippen LogP contribution in [-0.4, -0.2) is 23.9 Å². The molecule has 0 atom stereocenters. The Morgan fingerprint density at radius 2 is 2.11 bits per heavy atom. The molecule has 0 aliphatic carbocycles. The molecular weight excluding hydrogens is 385 g/mol. The summed E-state index contributed by atoms with van der Waals surface area (Å²) in [5.41, 5.74) is -0.856. The summed E-state index contributed by atoms with van der Waals surface area (Å²) in [5, 5.41) is 0. The maximum absolute atomic E-state index is 12.6. The standard InChI is InChI=1S/C10H8F4INO3/c1-2-18-9(17)8-7(19-10(12,13)14)3-5(15)6(4-11)16-8/h3H,2,4H2,1H3. The molecule has 1 heterocycles. The Morgan fingerprint density at radius 3 is 2.58 bits per heavy atom. The van der Waals surface area contributed by atoms with Crippen LogP contribution >= 0.6 is 22.6 Å². The Hall–Kier alpha value is -1.13. The third-order valence-electron chi connectivity index (χ3n) is 1.83. The minimum atomic E-state index is -4.98. The monoisotopic (exact) mass is 393 g/mol. The topological polar surface area (TPSA) is 48.4 Å². The van der Waals surface area contributed by atoms with E-state index in [-0.39, 0.29) is 15.9 Å². The van der Waals surface area contributed by atoms with Crippen molar-refractivity contribution in [2.45, 2.75) is 20.0 Å². The number of nitrogens with zero attached hydrogens (tertiary/aromatic N) is 1. The van der Waals surface area contributed by atoms with E-state index >= 15 is 0 Å². The van der Waals surface area contributed by atoms with E-state index in [0.29, 0.717) is 0 Å². The summed E-state index contributed by atoms with van der Waals surface area (Å²) in [4.78, 5) is 15.0. The van der Waals surface area contributed by atoms with E-state index in [4.69, 9.17) is 0 Å². The number of hydrogen-bond acceptors (Lipinski definition) is 4.